The standard InChI is InChI=1S/C33H36F2N6O4/c1-4-36-13-6-7-26(33(44)37-5-2)40-32(43)22-16-28(39-19-22)29-18-23(12-14-38-29)45-30-17-21(9-11-25(30)35)31(42)41-27-15-20(3)8-10-24(27)34/h8-12,14-19,26,36,39H,4-7,13H2,1-3H3,(H,37,44)(H,40,43)(H,41,42). The molecule has 0 saturated heterocycles. The number of aromatic amines is 1. The lowest BCUT2D eigenvalue weighted by atomic mass is 10.1. The summed E-state index contributed by atoms with van der Waals surface area (Å²) >= 11 is 0. The minimum absolute atomic E-state index is 0.00795. The molecule has 12 heteroatoms. The molecular weight excluding hydrogens is 582 g/mol. The van der Waals surface area contributed by atoms with E-state index in [1.165, 1.54) is 42.7 Å². The van der Waals surface area contributed by atoms with Gasteiger partial charge >= 0.3 is 0 Å². The first-order chi connectivity index (χ1) is 21.7. The number of aryl methyl sites for hydroxylation is 1. The molecular formula is C33H36F2N6O4. The van der Waals surface area contributed by atoms with Gasteiger partial charge in [-0.2, -0.15) is 0 Å². The maximum Gasteiger partial charge on any atom is 0.255 e. The summed E-state index contributed by atoms with van der Waals surface area (Å²) in [6.45, 7) is 7.58. The highest BCUT2D eigenvalue weighted by Crippen LogP contribution is 2.29. The molecule has 10 nitrogen and oxygen atoms in total. The Morgan fingerprint density at radius 2 is 1.73 bits per heavy atom. The largest absolute Gasteiger partial charge is 0.454 e. The van der Waals surface area contributed by atoms with Gasteiger partial charge in [0.25, 0.3) is 11.8 Å². The number of pyridine rings is 1. The lowest BCUT2D eigenvalue weighted by molar-refractivity contribution is -0.123. The SMILES string of the molecule is CCNCCCC(NC(=O)c1c[nH]c(-c2cc(Oc3cc(C(=O)Nc4cc(C)ccc4F)ccc3F)ccn2)c1)C(=O)NCC. The van der Waals surface area contributed by atoms with Gasteiger partial charge in [0.2, 0.25) is 5.91 Å². The molecule has 2 heterocycles. The molecule has 4 aromatic rings. The molecule has 3 amide bonds. The summed E-state index contributed by atoms with van der Waals surface area (Å²) < 4.78 is 34.6. The zero-order valence-electron chi connectivity index (χ0n) is 25.3. The second kappa shape index (κ2) is 15.6. The topological polar surface area (TPSA) is 137 Å². The van der Waals surface area contributed by atoms with Crippen molar-refractivity contribution in [3.05, 3.63) is 95.3 Å². The minimum Gasteiger partial charge on any atom is -0.454 e. The van der Waals surface area contributed by atoms with E-state index in [2.05, 4.69) is 31.2 Å². The number of halogens is 2. The zero-order chi connectivity index (χ0) is 32.3. The number of ether oxygens (including phenoxy) is 1. The van der Waals surface area contributed by atoms with Crippen LogP contribution in [-0.4, -0.2) is 53.4 Å². The Labute approximate surface area is 260 Å². The van der Waals surface area contributed by atoms with Gasteiger partial charge < -0.3 is 31.0 Å². The predicted molar refractivity (Wildman–Crippen MR) is 167 cm³/mol. The number of rotatable bonds is 14. The molecule has 0 spiro atoms. The number of amides is 3. The van der Waals surface area contributed by atoms with Crippen molar-refractivity contribution in [2.75, 3.05) is 25.0 Å². The van der Waals surface area contributed by atoms with Crippen molar-refractivity contribution in [1.29, 1.82) is 0 Å². The van der Waals surface area contributed by atoms with E-state index in [1.807, 2.05) is 13.8 Å². The first-order valence-corrected chi connectivity index (χ1v) is 14.7. The molecule has 0 aliphatic carbocycles. The Morgan fingerprint density at radius 1 is 0.933 bits per heavy atom. The Morgan fingerprint density at radius 3 is 2.51 bits per heavy atom. The third-order valence-corrected chi connectivity index (χ3v) is 6.81. The molecule has 5 N–H and O–H groups in total. The molecule has 0 aliphatic rings. The van der Waals surface area contributed by atoms with E-state index in [-0.39, 0.29) is 28.7 Å². The molecule has 2 aromatic carbocycles. The van der Waals surface area contributed by atoms with E-state index in [0.717, 1.165) is 24.7 Å². The zero-order valence-corrected chi connectivity index (χ0v) is 25.3. The Bertz CT molecular complexity index is 1660. The van der Waals surface area contributed by atoms with Crippen molar-refractivity contribution in [2.45, 2.75) is 39.7 Å². The summed E-state index contributed by atoms with van der Waals surface area (Å²) in [6.07, 6.45) is 4.15. The number of carbonyl (C=O) groups is 3. The first kappa shape index (κ1) is 32.8. The second-order valence-electron chi connectivity index (χ2n) is 10.3. The van der Waals surface area contributed by atoms with Crippen LogP contribution in [0.15, 0.2) is 67.0 Å². The number of hydrogen-bond acceptors (Lipinski definition) is 6. The lowest BCUT2D eigenvalue weighted by Crippen LogP contribution is -2.46. The molecule has 0 bridgehead atoms. The Kier molecular flexibility index (Phi) is 11.4. The molecule has 1 unspecified atom stereocenters. The van der Waals surface area contributed by atoms with E-state index in [9.17, 15) is 23.2 Å². The van der Waals surface area contributed by atoms with Crippen molar-refractivity contribution in [2.24, 2.45) is 0 Å². The molecule has 45 heavy (non-hydrogen) atoms. The van der Waals surface area contributed by atoms with Crippen molar-refractivity contribution < 1.29 is 27.9 Å². The van der Waals surface area contributed by atoms with Crippen LogP contribution in [-0.2, 0) is 4.79 Å². The predicted octanol–water partition coefficient (Wildman–Crippen LogP) is 5.33. The van der Waals surface area contributed by atoms with Crippen LogP contribution in [0, 0.1) is 18.6 Å². The fraction of sp³-hybridized carbons (Fsp3) is 0.273. The van der Waals surface area contributed by atoms with Gasteiger partial charge in [-0.15, -0.1) is 0 Å². The number of carbonyl (C=O) groups excluding carboxylic acids is 3. The second-order valence-corrected chi connectivity index (χ2v) is 10.3. The normalized spacial score (nSPS) is 11.5. The number of nitrogens with zero attached hydrogens (tertiary/aromatic N) is 1. The van der Waals surface area contributed by atoms with Crippen LogP contribution >= 0.6 is 0 Å². The van der Waals surface area contributed by atoms with E-state index < -0.39 is 29.5 Å². The van der Waals surface area contributed by atoms with Crippen molar-refractivity contribution in [3.63, 3.8) is 0 Å². The highest BCUT2D eigenvalue weighted by atomic mass is 19.1. The monoisotopic (exact) mass is 618 g/mol. The van der Waals surface area contributed by atoms with Gasteiger partial charge in [-0.25, -0.2) is 8.78 Å². The van der Waals surface area contributed by atoms with Gasteiger partial charge in [0.15, 0.2) is 11.6 Å². The highest BCUT2D eigenvalue weighted by molar-refractivity contribution is 6.04. The van der Waals surface area contributed by atoms with E-state index in [4.69, 9.17) is 4.74 Å². The van der Waals surface area contributed by atoms with Gasteiger partial charge in [0.05, 0.1) is 22.6 Å². The maximum atomic E-state index is 14.7. The maximum absolute atomic E-state index is 14.7. The van der Waals surface area contributed by atoms with E-state index in [0.29, 0.717) is 36.3 Å². The quantitative estimate of drug-likeness (QED) is 0.121. The number of benzene rings is 2. The molecule has 0 aliphatic heterocycles. The summed E-state index contributed by atoms with van der Waals surface area (Å²) in [6, 6.07) is 11.9. The molecule has 2 aromatic heterocycles. The van der Waals surface area contributed by atoms with Crippen LogP contribution in [0.1, 0.15) is 53.0 Å². The number of anilines is 1. The van der Waals surface area contributed by atoms with Gasteiger partial charge in [0.1, 0.15) is 17.6 Å². The van der Waals surface area contributed by atoms with Gasteiger partial charge in [0, 0.05) is 30.6 Å². The molecule has 236 valence electrons. The van der Waals surface area contributed by atoms with Crippen LogP contribution in [0.25, 0.3) is 11.4 Å². The van der Waals surface area contributed by atoms with Crippen molar-refractivity contribution >= 4 is 23.4 Å². The number of aromatic nitrogens is 2. The van der Waals surface area contributed by atoms with Crippen LogP contribution < -0.4 is 26.0 Å². The van der Waals surface area contributed by atoms with Gasteiger partial charge in [-0.3, -0.25) is 19.4 Å². The van der Waals surface area contributed by atoms with Crippen LogP contribution in [0.3, 0.4) is 0 Å². The van der Waals surface area contributed by atoms with Crippen LogP contribution in [0.4, 0.5) is 14.5 Å². The highest BCUT2D eigenvalue weighted by Gasteiger charge is 2.22. The minimum atomic E-state index is -0.711. The summed E-state index contributed by atoms with van der Waals surface area (Å²) in [5.41, 5.74) is 2.02. The van der Waals surface area contributed by atoms with Gasteiger partial charge in [-0.05, 0) is 87.8 Å². The molecule has 4 rings (SSSR count). The number of H-pyrrole nitrogens is 1. The molecule has 0 saturated carbocycles. The van der Waals surface area contributed by atoms with Crippen LogP contribution in [0.2, 0.25) is 0 Å². The fourth-order valence-corrected chi connectivity index (χ4v) is 4.49. The summed E-state index contributed by atoms with van der Waals surface area (Å²) in [5.74, 6) is -2.61. The Balaban J connectivity index is 1.45. The first-order valence-electron chi connectivity index (χ1n) is 14.7. The smallest absolute Gasteiger partial charge is 0.255 e. The number of likely N-dealkylation sites (N-methyl/N-ethyl adjacent to an activating group) is 1. The van der Waals surface area contributed by atoms with Crippen molar-refractivity contribution in [1.82, 2.24) is 25.9 Å². The average molecular weight is 619 g/mol. The Hall–Kier alpha value is -5.10. The van der Waals surface area contributed by atoms with E-state index in [1.54, 1.807) is 25.1 Å². The molecule has 0 fully saturated rings. The fourth-order valence-electron chi connectivity index (χ4n) is 4.49. The number of nitrogens with one attached hydrogen (secondary N) is 5. The van der Waals surface area contributed by atoms with E-state index >= 15 is 0 Å². The van der Waals surface area contributed by atoms with Crippen molar-refractivity contribution in [3.8, 4) is 22.9 Å². The lowest BCUT2D eigenvalue weighted by Gasteiger charge is -2.17. The summed E-state index contributed by atoms with van der Waals surface area (Å²) in [4.78, 5) is 45.6. The third kappa shape index (κ3) is 8.96. The van der Waals surface area contributed by atoms with Gasteiger partial charge in [-0.1, -0.05) is 13.0 Å². The third-order valence-electron chi connectivity index (χ3n) is 6.81. The average Bonchev–Trinajstić information content (AvgIpc) is 3.52. The molecule has 1 atom stereocenters. The summed E-state index contributed by atoms with van der Waals surface area (Å²) in [5, 5.41) is 11.3. The summed E-state index contributed by atoms with van der Waals surface area (Å²) in [7, 11) is 0. The molecule has 0 radical (unpaired) electrons. The van der Waals surface area contributed by atoms with Crippen LogP contribution in [0.5, 0.6) is 11.5 Å². The number of hydrogen-bond donors (Lipinski definition) is 5.